The summed E-state index contributed by atoms with van der Waals surface area (Å²) in [4.78, 5) is 9.58. The van der Waals surface area contributed by atoms with Crippen molar-refractivity contribution in [2.75, 3.05) is 60.6 Å². The molecule has 1 aliphatic rings. The van der Waals surface area contributed by atoms with E-state index in [1.807, 2.05) is 12.1 Å². The SMILES string of the molecule is CCCCN=C(NCC)N1CCN(Cc2cc(OC)c(OC)c(OC)c2)CC1. The molecule has 1 fully saturated rings. The zero-order valence-electron chi connectivity index (χ0n) is 18.1. The van der Waals surface area contributed by atoms with E-state index in [-0.39, 0.29) is 0 Å². The molecule has 0 spiro atoms. The molecule has 2 rings (SSSR count). The van der Waals surface area contributed by atoms with Crippen molar-refractivity contribution in [2.24, 2.45) is 4.99 Å². The standard InChI is InChI=1S/C21H36N4O3/c1-6-8-9-23-21(22-7-2)25-12-10-24(11-13-25)16-17-14-18(26-3)20(28-5)19(15-17)27-4/h14-15H,6-13,16H2,1-5H3,(H,22,23). The fourth-order valence-electron chi connectivity index (χ4n) is 3.37. The van der Waals surface area contributed by atoms with Crippen LogP contribution in [0.15, 0.2) is 17.1 Å². The highest BCUT2D eigenvalue weighted by Crippen LogP contribution is 2.38. The second-order valence-corrected chi connectivity index (χ2v) is 6.89. The van der Waals surface area contributed by atoms with E-state index in [4.69, 9.17) is 19.2 Å². The fourth-order valence-corrected chi connectivity index (χ4v) is 3.37. The number of methoxy groups -OCH3 is 3. The smallest absolute Gasteiger partial charge is 0.203 e. The molecule has 1 aromatic carbocycles. The zero-order chi connectivity index (χ0) is 20.4. The van der Waals surface area contributed by atoms with Crippen molar-refractivity contribution in [3.8, 4) is 17.2 Å². The summed E-state index contributed by atoms with van der Waals surface area (Å²) in [5.74, 6) is 3.08. The molecular formula is C21H36N4O3. The van der Waals surface area contributed by atoms with Gasteiger partial charge in [-0.15, -0.1) is 0 Å². The Morgan fingerprint density at radius 3 is 2.14 bits per heavy atom. The van der Waals surface area contributed by atoms with E-state index in [1.54, 1.807) is 21.3 Å². The minimum absolute atomic E-state index is 0.636. The van der Waals surface area contributed by atoms with Gasteiger partial charge in [-0.3, -0.25) is 9.89 Å². The number of piperazine rings is 1. The Morgan fingerprint density at radius 2 is 1.64 bits per heavy atom. The number of benzene rings is 1. The second kappa shape index (κ2) is 11.6. The minimum Gasteiger partial charge on any atom is -0.493 e. The lowest BCUT2D eigenvalue weighted by atomic mass is 10.1. The van der Waals surface area contributed by atoms with Gasteiger partial charge in [0.05, 0.1) is 21.3 Å². The maximum atomic E-state index is 5.47. The Bertz CT molecular complexity index is 603. The zero-order valence-corrected chi connectivity index (χ0v) is 18.1. The fraction of sp³-hybridized carbons (Fsp3) is 0.667. The van der Waals surface area contributed by atoms with Crippen LogP contribution in [0.25, 0.3) is 0 Å². The number of nitrogens with zero attached hydrogens (tertiary/aromatic N) is 3. The Balaban J connectivity index is 1.99. The maximum Gasteiger partial charge on any atom is 0.203 e. The van der Waals surface area contributed by atoms with E-state index in [0.717, 1.165) is 63.8 Å². The first-order chi connectivity index (χ1) is 13.7. The van der Waals surface area contributed by atoms with Gasteiger partial charge in [-0.05, 0) is 31.0 Å². The van der Waals surface area contributed by atoms with Gasteiger partial charge in [-0.25, -0.2) is 0 Å². The second-order valence-electron chi connectivity index (χ2n) is 6.89. The highest BCUT2D eigenvalue weighted by Gasteiger charge is 2.21. The molecule has 7 heteroatoms. The highest BCUT2D eigenvalue weighted by molar-refractivity contribution is 5.80. The van der Waals surface area contributed by atoms with Crippen molar-refractivity contribution in [3.63, 3.8) is 0 Å². The number of hydrogen-bond acceptors (Lipinski definition) is 5. The third-order valence-corrected chi connectivity index (χ3v) is 4.91. The van der Waals surface area contributed by atoms with Crippen molar-refractivity contribution in [1.29, 1.82) is 0 Å². The molecule has 0 saturated carbocycles. The molecule has 0 unspecified atom stereocenters. The maximum absolute atomic E-state index is 5.47. The normalized spacial score (nSPS) is 15.5. The molecule has 0 radical (unpaired) electrons. The number of ether oxygens (including phenoxy) is 3. The quantitative estimate of drug-likeness (QED) is 0.396. The lowest BCUT2D eigenvalue weighted by Gasteiger charge is -2.36. The Hall–Kier alpha value is -2.15. The van der Waals surface area contributed by atoms with Crippen LogP contribution in [-0.4, -0.2) is 76.4 Å². The van der Waals surface area contributed by atoms with Gasteiger partial charge < -0.3 is 24.4 Å². The summed E-state index contributed by atoms with van der Waals surface area (Å²) in [6.07, 6.45) is 2.31. The molecule has 1 N–H and O–H groups in total. The van der Waals surface area contributed by atoms with Gasteiger partial charge in [0.25, 0.3) is 0 Å². The molecule has 0 atom stereocenters. The molecule has 0 aromatic heterocycles. The van der Waals surface area contributed by atoms with Crippen molar-refractivity contribution in [2.45, 2.75) is 33.2 Å². The van der Waals surface area contributed by atoms with Gasteiger partial charge in [0.1, 0.15) is 0 Å². The number of guanidine groups is 1. The van der Waals surface area contributed by atoms with E-state index in [2.05, 4.69) is 29.0 Å². The van der Waals surface area contributed by atoms with Crippen molar-refractivity contribution in [1.82, 2.24) is 15.1 Å². The molecule has 7 nitrogen and oxygen atoms in total. The first-order valence-electron chi connectivity index (χ1n) is 10.2. The lowest BCUT2D eigenvalue weighted by Crippen LogP contribution is -2.52. The molecule has 158 valence electrons. The highest BCUT2D eigenvalue weighted by atomic mass is 16.5. The first kappa shape index (κ1) is 22.1. The van der Waals surface area contributed by atoms with Crippen LogP contribution in [-0.2, 0) is 6.54 Å². The molecule has 0 amide bonds. The Morgan fingerprint density at radius 1 is 1.00 bits per heavy atom. The predicted octanol–water partition coefficient (Wildman–Crippen LogP) is 2.60. The number of rotatable bonds is 9. The molecule has 1 aromatic rings. The van der Waals surface area contributed by atoms with Crippen LogP contribution in [0.1, 0.15) is 32.3 Å². The summed E-state index contributed by atoms with van der Waals surface area (Å²) in [5.41, 5.74) is 1.16. The van der Waals surface area contributed by atoms with E-state index >= 15 is 0 Å². The molecule has 1 saturated heterocycles. The lowest BCUT2D eigenvalue weighted by molar-refractivity contribution is 0.172. The first-order valence-corrected chi connectivity index (χ1v) is 10.2. The third-order valence-electron chi connectivity index (χ3n) is 4.91. The van der Waals surface area contributed by atoms with Crippen molar-refractivity contribution >= 4 is 5.96 Å². The van der Waals surface area contributed by atoms with Gasteiger partial charge in [-0.2, -0.15) is 0 Å². The molecule has 1 aliphatic heterocycles. The number of aliphatic imine (C=N–C) groups is 1. The van der Waals surface area contributed by atoms with Crippen molar-refractivity contribution < 1.29 is 14.2 Å². The molecule has 28 heavy (non-hydrogen) atoms. The summed E-state index contributed by atoms with van der Waals surface area (Å²) in [6, 6.07) is 4.06. The predicted molar refractivity (Wildman–Crippen MR) is 114 cm³/mol. The largest absolute Gasteiger partial charge is 0.493 e. The summed E-state index contributed by atoms with van der Waals surface area (Å²) in [7, 11) is 4.93. The van der Waals surface area contributed by atoms with Crippen LogP contribution in [0, 0.1) is 0 Å². The average Bonchev–Trinajstić information content (AvgIpc) is 2.73. The van der Waals surface area contributed by atoms with Crippen molar-refractivity contribution in [3.05, 3.63) is 17.7 Å². The number of unbranched alkanes of at least 4 members (excludes halogenated alkanes) is 1. The number of hydrogen-bond donors (Lipinski definition) is 1. The molecule has 0 bridgehead atoms. The van der Waals surface area contributed by atoms with Gasteiger partial charge in [0.15, 0.2) is 17.5 Å². The van der Waals surface area contributed by atoms with Gasteiger partial charge >= 0.3 is 0 Å². The summed E-state index contributed by atoms with van der Waals surface area (Å²) >= 11 is 0. The van der Waals surface area contributed by atoms with Crippen LogP contribution < -0.4 is 19.5 Å². The van der Waals surface area contributed by atoms with E-state index in [1.165, 1.54) is 6.42 Å². The summed E-state index contributed by atoms with van der Waals surface area (Å²) in [6.45, 7) is 10.9. The van der Waals surface area contributed by atoms with Gasteiger partial charge in [-0.1, -0.05) is 13.3 Å². The molecule has 0 aliphatic carbocycles. The van der Waals surface area contributed by atoms with Gasteiger partial charge in [0, 0.05) is 45.8 Å². The Kier molecular flexibility index (Phi) is 9.20. The number of nitrogens with one attached hydrogen (secondary N) is 1. The minimum atomic E-state index is 0.636. The van der Waals surface area contributed by atoms with Crippen LogP contribution in [0.5, 0.6) is 17.2 Å². The Labute approximate surface area is 169 Å². The summed E-state index contributed by atoms with van der Waals surface area (Å²) < 4.78 is 16.4. The van der Waals surface area contributed by atoms with Gasteiger partial charge in [0.2, 0.25) is 5.75 Å². The van der Waals surface area contributed by atoms with Crippen LogP contribution in [0.4, 0.5) is 0 Å². The van der Waals surface area contributed by atoms with Crippen LogP contribution >= 0.6 is 0 Å². The van der Waals surface area contributed by atoms with E-state index in [0.29, 0.717) is 17.2 Å². The summed E-state index contributed by atoms with van der Waals surface area (Å²) in [5, 5.41) is 3.43. The average molecular weight is 393 g/mol. The van der Waals surface area contributed by atoms with E-state index < -0.39 is 0 Å². The topological polar surface area (TPSA) is 58.6 Å². The molecular weight excluding hydrogens is 356 g/mol. The van der Waals surface area contributed by atoms with Crippen LogP contribution in [0.2, 0.25) is 0 Å². The van der Waals surface area contributed by atoms with Crippen LogP contribution in [0.3, 0.4) is 0 Å². The monoisotopic (exact) mass is 392 g/mol. The third kappa shape index (κ3) is 5.92. The van der Waals surface area contributed by atoms with E-state index in [9.17, 15) is 0 Å². The molecule has 1 heterocycles.